The highest BCUT2D eigenvalue weighted by Gasteiger charge is 2.21. The van der Waals surface area contributed by atoms with Crippen molar-refractivity contribution in [2.75, 3.05) is 23.7 Å². The largest absolute Gasteiger partial charge is 0.378 e. The fourth-order valence-corrected chi connectivity index (χ4v) is 4.34. The van der Waals surface area contributed by atoms with Crippen LogP contribution in [0, 0.1) is 0 Å². The number of nitrogens with zero attached hydrogens (tertiary/aromatic N) is 5. The fourth-order valence-electron chi connectivity index (χ4n) is 3.28. The number of benzene rings is 1. The van der Waals surface area contributed by atoms with Gasteiger partial charge in [-0.2, -0.15) is 8.42 Å². The van der Waals surface area contributed by atoms with Crippen LogP contribution in [0.3, 0.4) is 0 Å². The number of hydrogen-bond acceptors (Lipinski definition) is 5. The van der Waals surface area contributed by atoms with Crippen molar-refractivity contribution in [2.24, 2.45) is 14.1 Å². The number of aryl methyl sites for hydroxylation is 2. The molecule has 0 unspecified atom stereocenters. The molecule has 3 heterocycles. The molecule has 1 aromatic carbocycles. The van der Waals surface area contributed by atoms with E-state index in [4.69, 9.17) is 0 Å². The third kappa shape index (κ3) is 3.44. The number of pyridine rings is 1. The van der Waals surface area contributed by atoms with Crippen LogP contribution in [0.2, 0.25) is 0 Å². The van der Waals surface area contributed by atoms with Gasteiger partial charge >= 0.3 is 0 Å². The van der Waals surface area contributed by atoms with Crippen LogP contribution in [0.15, 0.2) is 60.3 Å². The van der Waals surface area contributed by atoms with E-state index in [-0.39, 0.29) is 5.03 Å². The molecule has 8 nitrogen and oxygen atoms in total. The van der Waals surface area contributed by atoms with Gasteiger partial charge in [-0.15, -0.1) is 0 Å². The van der Waals surface area contributed by atoms with Gasteiger partial charge in [-0.1, -0.05) is 12.1 Å². The molecule has 0 bridgehead atoms. The van der Waals surface area contributed by atoms with Crippen molar-refractivity contribution >= 4 is 32.4 Å². The van der Waals surface area contributed by atoms with E-state index < -0.39 is 10.0 Å². The van der Waals surface area contributed by atoms with E-state index in [1.165, 1.54) is 12.5 Å². The van der Waals surface area contributed by atoms with E-state index in [0.717, 1.165) is 22.2 Å². The van der Waals surface area contributed by atoms with Crippen molar-refractivity contribution in [3.8, 4) is 11.1 Å². The average Bonchev–Trinajstić information content (AvgIpc) is 3.27. The van der Waals surface area contributed by atoms with E-state index in [2.05, 4.69) is 20.8 Å². The number of fused-ring (bicyclic) bond motifs is 1. The molecule has 0 aliphatic carbocycles. The molecule has 0 fully saturated rings. The first-order chi connectivity index (χ1) is 13.8. The molecule has 0 aliphatic rings. The summed E-state index contributed by atoms with van der Waals surface area (Å²) in [4.78, 5) is 10.4. The first kappa shape index (κ1) is 19.0. The Morgan fingerprint density at radius 1 is 1.07 bits per heavy atom. The van der Waals surface area contributed by atoms with Gasteiger partial charge in [-0.3, -0.25) is 4.72 Å². The Kier molecular flexibility index (Phi) is 4.54. The minimum atomic E-state index is -3.82. The van der Waals surface area contributed by atoms with E-state index in [1.54, 1.807) is 23.9 Å². The second kappa shape index (κ2) is 6.93. The minimum absolute atomic E-state index is 0.0305. The Hall–Kier alpha value is -3.33. The monoisotopic (exact) mass is 410 g/mol. The lowest BCUT2D eigenvalue weighted by Gasteiger charge is -2.14. The number of aromatic nitrogens is 4. The lowest BCUT2D eigenvalue weighted by molar-refractivity contribution is 0.598. The van der Waals surface area contributed by atoms with Gasteiger partial charge in [0, 0.05) is 58.0 Å². The maximum absolute atomic E-state index is 12.8. The molecular weight excluding hydrogens is 388 g/mol. The lowest BCUT2D eigenvalue weighted by atomic mass is 10.0. The fraction of sp³-hybridized carbons (Fsp3) is 0.200. The predicted octanol–water partition coefficient (Wildman–Crippen LogP) is 2.84. The summed E-state index contributed by atoms with van der Waals surface area (Å²) in [5.41, 5.74) is 4.09. The highest BCUT2D eigenvalue weighted by atomic mass is 32.2. The number of rotatable bonds is 5. The summed E-state index contributed by atoms with van der Waals surface area (Å²) in [6.45, 7) is 0. The zero-order chi connectivity index (χ0) is 20.8. The molecule has 29 heavy (non-hydrogen) atoms. The van der Waals surface area contributed by atoms with Gasteiger partial charge in [0.05, 0.1) is 17.4 Å². The molecule has 9 heteroatoms. The molecular formula is C20H22N6O2S. The Labute approximate surface area is 169 Å². The molecule has 0 amide bonds. The van der Waals surface area contributed by atoms with Gasteiger partial charge in [-0.05, 0) is 23.8 Å². The van der Waals surface area contributed by atoms with Crippen molar-refractivity contribution in [3.63, 3.8) is 0 Å². The van der Waals surface area contributed by atoms with E-state index >= 15 is 0 Å². The molecule has 4 aromatic rings. The van der Waals surface area contributed by atoms with E-state index in [1.807, 2.05) is 55.0 Å². The number of hydrogen-bond donors (Lipinski definition) is 1. The molecule has 0 atom stereocenters. The third-order valence-corrected chi connectivity index (χ3v) is 5.98. The molecule has 1 N–H and O–H groups in total. The standard InChI is InChI=1S/C20H22N6O2S/c1-24(2)15-7-5-6-14(10-15)16-11-26(4)20-19(16)17(8-9-21-20)23-29(27,28)18-12-25(3)13-22-18/h5-13H,1-4H3,(H,21,23). The zero-order valence-corrected chi connectivity index (χ0v) is 17.5. The van der Waals surface area contributed by atoms with Crippen LogP contribution in [-0.2, 0) is 24.1 Å². The maximum Gasteiger partial charge on any atom is 0.280 e. The van der Waals surface area contributed by atoms with Gasteiger partial charge in [-0.25, -0.2) is 9.97 Å². The maximum atomic E-state index is 12.8. The van der Waals surface area contributed by atoms with Gasteiger partial charge in [0.1, 0.15) is 5.65 Å². The van der Waals surface area contributed by atoms with Gasteiger partial charge in [0.15, 0.2) is 5.03 Å². The van der Waals surface area contributed by atoms with Crippen molar-refractivity contribution < 1.29 is 8.42 Å². The van der Waals surface area contributed by atoms with Crippen LogP contribution in [0.5, 0.6) is 0 Å². The first-order valence-corrected chi connectivity index (χ1v) is 10.5. The van der Waals surface area contributed by atoms with Gasteiger partial charge in [0.25, 0.3) is 10.0 Å². The summed E-state index contributed by atoms with van der Waals surface area (Å²) >= 11 is 0. The van der Waals surface area contributed by atoms with Crippen molar-refractivity contribution in [2.45, 2.75) is 5.03 Å². The lowest BCUT2D eigenvalue weighted by Crippen LogP contribution is -2.13. The quantitative estimate of drug-likeness (QED) is 0.547. The van der Waals surface area contributed by atoms with Crippen LogP contribution in [0.4, 0.5) is 11.4 Å². The molecule has 3 aromatic heterocycles. The van der Waals surface area contributed by atoms with Gasteiger partial charge in [0.2, 0.25) is 0 Å². The Morgan fingerprint density at radius 3 is 2.55 bits per heavy atom. The summed E-state index contributed by atoms with van der Waals surface area (Å²) in [7, 11) is 3.76. The molecule has 0 radical (unpaired) electrons. The molecule has 0 saturated heterocycles. The van der Waals surface area contributed by atoms with E-state index in [9.17, 15) is 8.42 Å². The summed E-state index contributed by atoms with van der Waals surface area (Å²) in [5.74, 6) is 0. The normalized spacial score (nSPS) is 11.7. The molecule has 0 saturated carbocycles. The van der Waals surface area contributed by atoms with Crippen LogP contribution in [-0.4, -0.2) is 41.6 Å². The highest BCUT2D eigenvalue weighted by molar-refractivity contribution is 7.92. The second-order valence-corrected chi connectivity index (χ2v) is 8.77. The molecule has 150 valence electrons. The van der Waals surface area contributed by atoms with Crippen LogP contribution < -0.4 is 9.62 Å². The average molecular weight is 411 g/mol. The van der Waals surface area contributed by atoms with Crippen LogP contribution >= 0.6 is 0 Å². The first-order valence-electron chi connectivity index (χ1n) is 8.99. The number of imidazole rings is 1. The summed E-state index contributed by atoms with van der Waals surface area (Å²) < 4.78 is 31.8. The van der Waals surface area contributed by atoms with Crippen molar-refractivity contribution in [1.82, 2.24) is 19.1 Å². The molecule has 4 rings (SSSR count). The molecule has 0 aliphatic heterocycles. The number of nitrogens with one attached hydrogen (secondary N) is 1. The van der Waals surface area contributed by atoms with Crippen LogP contribution in [0.25, 0.3) is 22.2 Å². The van der Waals surface area contributed by atoms with Gasteiger partial charge < -0.3 is 14.0 Å². The number of sulfonamides is 1. The van der Waals surface area contributed by atoms with Crippen molar-refractivity contribution in [1.29, 1.82) is 0 Å². The minimum Gasteiger partial charge on any atom is -0.378 e. The Morgan fingerprint density at radius 2 is 1.86 bits per heavy atom. The van der Waals surface area contributed by atoms with Crippen molar-refractivity contribution in [3.05, 3.63) is 55.2 Å². The summed E-state index contributed by atoms with van der Waals surface area (Å²) in [6, 6.07) is 9.75. The SMILES string of the molecule is CN(C)c1cccc(-c2cn(C)c3nccc(NS(=O)(=O)c4cn(C)cn4)c23)c1. The van der Waals surface area contributed by atoms with Crippen LogP contribution in [0.1, 0.15) is 0 Å². The Bertz CT molecular complexity index is 1300. The smallest absolute Gasteiger partial charge is 0.280 e. The second-order valence-electron chi connectivity index (χ2n) is 7.14. The van der Waals surface area contributed by atoms with E-state index in [0.29, 0.717) is 11.3 Å². The number of anilines is 2. The summed E-state index contributed by atoms with van der Waals surface area (Å²) in [6.07, 6.45) is 6.48. The Balaban J connectivity index is 1.88. The zero-order valence-electron chi connectivity index (χ0n) is 16.7. The molecule has 0 spiro atoms. The topological polar surface area (TPSA) is 85.0 Å². The highest BCUT2D eigenvalue weighted by Crippen LogP contribution is 2.36. The predicted molar refractivity (Wildman–Crippen MR) is 114 cm³/mol. The summed E-state index contributed by atoms with van der Waals surface area (Å²) in [5, 5.41) is 0.711. The third-order valence-electron chi connectivity index (χ3n) is 4.73.